The minimum Gasteiger partial charge on any atom is -0.281 e. The van der Waals surface area contributed by atoms with Crippen LogP contribution >= 0.6 is 20.1 Å². The van der Waals surface area contributed by atoms with Crippen LogP contribution in [0.15, 0.2) is 64.2 Å². The van der Waals surface area contributed by atoms with Crippen LogP contribution in [0.25, 0.3) is 16.9 Å². The number of sulfone groups is 1. The molecular weight excluding hydrogens is 397 g/mol. The largest absolute Gasteiger partial charge is 0.281 e. The summed E-state index contributed by atoms with van der Waals surface area (Å²) in [4.78, 5) is 4.31. The first-order valence-electron chi connectivity index (χ1n) is 8.52. The van der Waals surface area contributed by atoms with Crippen molar-refractivity contribution in [1.29, 1.82) is 0 Å². The molecule has 2 aromatic carbocycles. The maximum atomic E-state index is 13.2. The summed E-state index contributed by atoms with van der Waals surface area (Å²) >= 11 is 1.53. The molecule has 0 unspecified atom stereocenters. The number of aromatic nitrogens is 2. The highest BCUT2D eigenvalue weighted by atomic mass is 32.2. The van der Waals surface area contributed by atoms with Crippen LogP contribution in [-0.2, 0) is 9.84 Å². The van der Waals surface area contributed by atoms with E-state index in [1.54, 1.807) is 4.44 Å². The number of hydrogen-bond acceptors (Lipinski definition) is 5. The Labute approximate surface area is 164 Å². The highest BCUT2D eigenvalue weighted by Crippen LogP contribution is 2.36. The molecule has 0 saturated carbocycles. The number of benzene rings is 2. The van der Waals surface area contributed by atoms with E-state index >= 15 is 0 Å². The first kappa shape index (κ1) is 18.4. The molecule has 8 heteroatoms. The van der Waals surface area contributed by atoms with Gasteiger partial charge < -0.3 is 0 Å². The van der Waals surface area contributed by atoms with E-state index in [1.165, 1.54) is 11.8 Å². The summed E-state index contributed by atoms with van der Waals surface area (Å²) in [6.45, 7) is 2.70. The molecule has 0 N–H and O–H groups in total. The molecular formula is C19H18N3O2PS2. The summed E-state index contributed by atoms with van der Waals surface area (Å²) in [5.74, 6) is 0.806. The van der Waals surface area contributed by atoms with Gasteiger partial charge in [-0.25, -0.2) is 12.9 Å². The van der Waals surface area contributed by atoms with Crippen LogP contribution in [0, 0.1) is 6.92 Å². The highest BCUT2D eigenvalue weighted by molar-refractivity contribution is 8.15. The lowest BCUT2D eigenvalue weighted by molar-refractivity contribution is 0.602. The Kier molecular flexibility index (Phi) is 5.17. The topological polar surface area (TPSA) is 64.3 Å². The van der Waals surface area contributed by atoms with E-state index in [1.807, 2.05) is 61.5 Å². The van der Waals surface area contributed by atoms with E-state index < -0.39 is 9.84 Å². The minimum atomic E-state index is -3.51. The van der Waals surface area contributed by atoms with Crippen molar-refractivity contribution >= 4 is 35.0 Å². The fourth-order valence-corrected chi connectivity index (χ4v) is 6.92. The van der Waals surface area contributed by atoms with Crippen LogP contribution in [0.1, 0.15) is 5.56 Å². The van der Waals surface area contributed by atoms with Crippen molar-refractivity contribution in [3.63, 3.8) is 0 Å². The van der Waals surface area contributed by atoms with Gasteiger partial charge in [0, 0.05) is 17.9 Å². The summed E-state index contributed by atoms with van der Waals surface area (Å²) < 4.78 is 28.4. The van der Waals surface area contributed by atoms with E-state index in [0.29, 0.717) is 30.3 Å². The molecule has 0 spiro atoms. The van der Waals surface area contributed by atoms with Crippen LogP contribution in [0.3, 0.4) is 0 Å². The van der Waals surface area contributed by atoms with E-state index in [4.69, 9.17) is 0 Å². The van der Waals surface area contributed by atoms with E-state index in [2.05, 4.69) is 10.1 Å². The minimum absolute atomic E-state index is 0.0481. The first-order chi connectivity index (χ1) is 13.0. The maximum Gasteiger partial charge on any atom is 0.192 e. The molecule has 1 aromatic heterocycles. The summed E-state index contributed by atoms with van der Waals surface area (Å²) in [7, 11) is -2.96. The van der Waals surface area contributed by atoms with Crippen LogP contribution < -0.4 is 0 Å². The smallest absolute Gasteiger partial charge is 0.192 e. The van der Waals surface area contributed by atoms with Gasteiger partial charge in [0.25, 0.3) is 0 Å². The van der Waals surface area contributed by atoms with Gasteiger partial charge in [-0.2, -0.15) is 5.10 Å². The number of thioether (sulfide) groups is 1. The van der Waals surface area contributed by atoms with Gasteiger partial charge in [-0.3, -0.25) is 4.99 Å². The number of hydrogen-bond donors (Lipinski definition) is 0. The molecule has 0 aliphatic carbocycles. The molecule has 1 aliphatic heterocycles. The Morgan fingerprint density at radius 3 is 2.52 bits per heavy atom. The Morgan fingerprint density at radius 1 is 1.11 bits per heavy atom. The Balaban J connectivity index is 1.83. The fourth-order valence-electron chi connectivity index (χ4n) is 2.77. The Bertz CT molecular complexity index is 1090. The second kappa shape index (κ2) is 7.58. The SMILES string of the molecule is Cc1ccc(-c2nn(-c3ccccc3)pc2S(=O)(=O)CC2=NCCS2)cc1. The van der Waals surface area contributed by atoms with Crippen molar-refractivity contribution < 1.29 is 8.42 Å². The number of nitrogens with zero attached hydrogens (tertiary/aromatic N) is 3. The molecule has 0 bridgehead atoms. The van der Waals surface area contributed by atoms with Crippen molar-refractivity contribution in [3.8, 4) is 16.9 Å². The van der Waals surface area contributed by atoms with Crippen molar-refractivity contribution in [2.24, 2.45) is 4.99 Å². The monoisotopic (exact) mass is 415 g/mol. The number of para-hydroxylation sites is 1. The van der Waals surface area contributed by atoms with Crippen molar-refractivity contribution in [1.82, 2.24) is 9.54 Å². The van der Waals surface area contributed by atoms with Gasteiger partial charge in [0.15, 0.2) is 9.84 Å². The summed E-state index contributed by atoms with van der Waals surface area (Å²) in [5, 5.41) is 5.35. The Hall–Kier alpha value is -1.95. The third-order valence-corrected chi connectivity index (χ3v) is 8.75. The quantitative estimate of drug-likeness (QED) is 0.622. The molecule has 4 rings (SSSR count). The second-order valence-corrected chi connectivity index (χ2v) is 10.7. The van der Waals surface area contributed by atoms with Crippen LogP contribution in [0.5, 0.6) is 0 Å². The van der Waals surface area contributed by atoms with Crippen molar-refractivity contribution in [2.75, 3.05) is 18.1 Å². The van der Waals surface area contributed by atoms with Gasteiger partial charge in [0.05, 0.1) is 19.1 Å². The predicted molar refractivity (Wildman–Crippen MR) is 113 cm³/mol. The first-order valence-corrected chi connectivity index (χ1v) is 12.0. The molecule has 0 fully saturated rings. The third-order valence-electron chi connectivity index (χ3n) is 4.15. The molecule has 3 aromatic rings. The zero-order chi connectivity index (χ0) is 18.9. The molecule has 2 heterocycles. The van der Waals surface area contributed by atoms with Gasteiger partial charge in [-0.15, -0.1) is 11.8 Å². The molecule has 0 saturated heterocycles. The van der Waals surface area contributed by atoms with E-state index in [0.717, 1.165) is 22.6 Å². The molecule has 0 amide bonds. The Morgan fingerprint density at radius 2 is 1.85 bits per heavy atom. The van der Waals surface area contributed by atoms with Gasteiger partial charge in [-0.05, 0) is 19.1 Å². The van der Waals surface area contributed by atoms with E-state index in [-0.39, 0.29) is 5.75 Å². The van der Waals surface area contributed by atoms with E-state index in [9.17, 15) is 8.42 Å². The summed E-state index contributed by atoms with van der Waals surface area (Å²) in [6, 6.07) is 17.4. The highest BCUT2D eigenvalue weighted by Gasteiger charge is 2.27. The standard InChI is InChI=1S/C19H18N3O2PS2/c1-14-7-9-15(10-8-14)18-19(27(23,24)13-17-20-11-12-26-17)25-22(21-18)16-5-3-2-4-6-16/h2-10H,11-13H2,1H3. The van der Waals surface area contributed by atoms with Gasteiger partial charge >= 0.3 is 0 Å². The molecule has 0 atom stereocenters. The molecule has 1 aliphatic rings. The zero-order valence-corrected chi connectivity index (χ0v) is 17.3. The predicted octanol–water partition coefficient (Wildman–Crippen LogP) is 4.35. The molecule has 0 radical (unpaired) electrons. The second-order valence-electron chi connectivity index (χ2n) is 6.23. The fraction of sp³-hybridized carbons (Fsp3) is 0.211. The molecule has 5 nitrogen and oxygen atoms in total. The molecule has 138 valence electrons. The van der Waals surface area contributed by atoms with Crippen LogP contribution in [-0.4, -0.2) is 41.1 Å². The lowest BCUT2D eigenvalue weighted by Gasteiger charge is -2.04. The lowest BCUT2D eigenvalue weighted by Crippen LogP contribution is -2.12. The normalized spacial score (nSPS) is 14.6. The number of aliphatic imine (C=N–C) groups is 1. The van der Waals surface area contributed by atoms with Crippen LogP contribution in [0.2, 0.25) is 0 Å². The maximum absolute atomic E-state index is 13.2. The zero-order valence-electron chi connectivity index (χ0n) is 14.7. The average Bonchev–Trinajstić information content (AvgIpc) is 3.33. The van der Waals surface area contributed by atoms with Gasteiger partial charge in [0.2, 0.25) is 0 Å². The van der Waals surface area contributed by atoms with Crippen molar-refractivity contribution in [2.45, 2.75) is 11.6 Å². The number of rotatable bonds is 5. The number of aryl methyl sites for hydroxylation is 1. The van der Waals surface area contributed by atoms with Gasteiger partial charge in [-0.1, -0.05) is 48.0 Å². The lowest BCUT2D eigenvalue weighted by atomic mass is 10.1. The van der Waals surface area contributed by atoms with Crippen molar-refractivity contribution in [3.05, 3.63) is 60.2 Å². The third kappa shape index (κ3) is 4.00. The average molecular weight is 415 g/mol. The van der Waals surface area contributed by atoms with Crippen LogP contribution in [0.4, 0.5) is 0 Å². The molecule has 27 heavy (non-hydrogen) atoms. The summed E-state index contributed by atoms with van der Waals surface area (Å²) in [5.41, 5.74) is 3.31. The van der Waals surface area contributed by atoms with Gasteiger partial charge in [0.1, 0.15) is 16.1 Å². The summed E-state index contributed by atoms with van der Waals surface area (Å²) in [6.07, 6.45) is 0.